The maximum atomic E-state index is 13.1. The van der Waals surface area contributed by atoms with Crippen LogP contribution in [0, 0.1) is 5.82 Å². The second kappa shape index (κ2) is 4.33. The van der Waals surface area contributed by atoms with Gasteiger partial charge in [-0.15, -0.1) is 0 Å². The molecule has 0 amide bonds. The van der Waals surface area contributed by atoms with Crippen molar-refractivity contribution in [1.29, 1.82) is 0 Å². The lowest BCUT2D eigenvalue weighted by molar-refractivity contribution is 0.478. The van der Waals surface area contributed by atoms with Crippen LogP contribution in [0.2, 0.25) is 0 Å². The number of aryl methyl sites for hydroxylation is 2. The van der Waals surface area contributed by atoms with Crippen LogP contribution in [0.4, 0.5) is 10.1 Å². The number of nitrogen functional groups attached to an aromatic ring is 1. The van der Waals surface area contributed by atoms with Gasteiger partial charge >= 0.3 is 0 Å². The number of hydrogen-bond donors (Lipinski definition) is 1. The minimum absolute atomic E-state index is 0.347. The molecule has 1 aliphatic carbocycles. The van der Waals surface area contributed by atoms with E-state index in [1.807, 2.05) is 12.1 Å². The highest BCUT2D eigenvalue weighted by atomic mass is 19.1. The molecule has 0 saturated heterocycles. The maximum absolute atomic E-state index is 13.1. The van der Waals surface area contributed by atoms with E-state index in [0.29, 0.717) is 17.2 Å². The topological polar surface area (TPSA) is 35.2 Å². The van der Waals surface area contributed by atoms with Crippen LogP contribution in [0.5, 0.6) is 11.5 Å². The Hall–Kier alpha value is -2.03. The van der Waals surface area contributed by atoms with Gasteiger partial charge in [0.2, 0.25) is 0 Å². The SMILES string of the molecule is Nc1ccc(F)cc1Oc1ccc2c(c1)CCC2. The van der Waals surface area contributed by atoms with Gasteiger partial charge in [0, 0.05) is 6.07 Å². The van der Waals surface area contributed by atoms with E-state index in [-0.39, 0.29) is 5.82 Å². The largest absolute Gasteiger partial charge is 0.455 e. The lowest BCUT2D eigenvalue weighted by atomic mass is 10.1. The number of benzene rings is 2. The highest BCUT2D eigenvalue weighted by Crippen LogP contribution is 2.31. The van der Waals surface area contributed by atoms with Gasteiger partial charge in [0.15, 0.2) is 5.75 Å². The van der Waals surface area contributed by atoms with E-state index in [1.54, 1.807) is 0 Å². The van der Waals surface area contributed by atoms with Gasteiger partial charge < -0.3 is 10.5 Å². The molecule has 2 aromatic carbocycles. The molecule has 0 aromatic heterocycles. The zero-order chi connectivity index (χ0) is 12.5. The second-order valence-electron chi connectivity index (χ2n) is 4.57. The van der Waals surface area contributed by atoms with Crippen molar-refractivity contribution in [2.75, 3.05) is 5.73 Å². The van der Waals surface area contributed by atoms with Gasteiger partial charge in [-0.05, 0) is 54.7 Å². The van der Waals surface area contributed by atoms with Crippen molar-refractivity contribution >= 4 is 5.69 Å². The molecule has 18 heavy (non-hydrogen) atoms. The Balaban J connectivity index is 1.90. The number of hydrogen-bond acceptors (Lipinski definition) is 2. The zero-order valence-corrected chi connectivity index (χ0v) is 9.95. The molecule has 0 spiro atoms. The average Bonchev–Trinajstić information content (AvgIpc) is 2.81. The zero-order valence-electron chi connectivity index (χ0n) is 9.95. The average molecular weight is 243 g/mol. The summed E-state index contributed by atoms with van der Waals surface area (Å²) in [6.07, 6.45) is 3.42. The molecule has 2 nitrogen and oxygen atoms in total. The number of rotatable bonds is 2. The fraction of sp³-hybridized carbons (Fsp3) is 0.200. The Bertz CT molecular complexity index is 595. The van der Waals surface area contributed by atoms with Crippen molar-refractivity contribution in [1.82, 2.24) is 0 Å². The molecule has 0 radical (unpaired) electrons. The van der Waals surface area contributed by atoms with Crippen LogP contribution in [0.1, 0.15) is 17.5 Å². The Morgan fingerprint density at radius 1 is 1.00 bits per heavy atom. The molecule has 1 aliphatic rings. The van der Waals surface area contributed by atoms with Gasteiger partial charge in [0.1, 0.15) is 11.6 Å². The molecule has 0 bridgehead atoms. The van der Waals surface area contributed by atoms with Crippen molar-refractivity contribution in [2.45, 2.75) is 19.3 Å². The Labute approximate surface area is 105 Å². The standard InChI is InChI=1S/C15H14FNO/c16-12-5-7-14(17)15(9-12)18-13-6-4-10-2-1-3-11(10)8-13/h4-9H,1-3,17H2. The predicted molar refractivity (Wildman–Crippen MR) is 69.4 cm³/mol. The molecule has 0 saturated carbocycles. The fourth-order valence-electron chi connectivity index (χ4n) is 2.34. The van der Waals surface area contributed by atoms with Crippen LogP contribution in [0.15, 0.2) is 36.4 Å². The summed E-state index contributed by atoms with van der Waals surface area (Å²) in [6.45, 7) is 0. The number of anilines is 1. The van der Waals surface area contributed by atoms with Crippen LogP contribution in [-0.4, -0.2) is 0 Å². The van der Waals surface area contributed by atoms with E-state index >= 15 is 0 Å². The van der Waals surface area contributed by atoms with Gasteiger partial charge in [0.05, 0.1) is 5.69 Å². The monoisotopic (exact) mass is 243 g/mol. The number of ether oxygens (including phenoxy) is 1. The van der Waals surface area contributed by atoms with Crippen LogP contribution in [0.25, 0.3) is 0 Å². The summed E-state index contributed by atoms with van der Waals surface area (Å²) in [7, 11) is 0. The van der Waals surface area contributed by atoms with Gasteiger partial charge in [0.25, 0.3) is 0 Å². The number of fused-ring (bicyclic) bond motifs is 1. The van der Waals surface area contributed by atoms with E-state index in [4.69, 9.17) is 10.5 Å². The highest BCUT2D eigenvalue weighted by molar-refractivity contribution is 5.54. The summed E-state index contributed by atoms with van der Waals surface area (Å²) in [4.78, 5) is 0. The van der Waals surface area contributed by atoms with Crippen molar-refractivity contribution in [3.8, 4) is 11.5 Å². The maximum Gasteiger partial charge on any atom is 0.153 e. The molecule has 3 heteroatoms. The molecular formula is C15H14FNO. The first-order chi connectivity index (χ1) is 8.72. The first-order valence-corrected chi connectivity index (χ1v) is 6.07. The van der Waals surface area contributed by atoms with E-state index in [1.165, 1.54) is 35.7 Å². The van der Waals surface area contributed by atoms with E-state index in [0.717, 1.165) is 12.8 Å². The second-order valence-corrected chi connectivity index (χ2v) is 4.57. The quantitative estimate of drug-likeness (QED) is 0.816. The van der Waals surface area contributed by atoms with Gasteiger partial charge in [-0.1, -0.05) is 6.07 Å². The highest BCUT2D eigenvalue weighted by Gasteiger charge is 2.12. The fourth-order valence-corrected chi connectivity index (χ4v) is 2.34. The molecule has 92 valence electrons. The third kappa shape index (κ3) is 2.04. The summed E-state index contributed by atoms with van der Waals surface area (Å²) in [5.41, 5.74) is 8.91. The number of nitrogens with two attached hydrogens (primary N) is 1. The van der Waals surface area contributed by atoms with E-state index < -0.39 is 0 Å². The lowest BCUT2D eigenvalue weighted by Crippen LogP contribution is -1.93. The molecule has 3 rings (SSSR count). The normalized spacial score (nSPS) is 13.4. The van der Waals surface area contributed by atoms with E-state index in [2.05, 4.69) is 6.07 Å². The molecule has 0 heterocycles. The minimum Gasteiger partial charge on any atom is -0.455 e. The summed E-state index contributed by atoms with van der Waals surface area (Å²) in [5.74, 6) is 0.737. The molecule has 0 atom stereocenters. The third-order valence-corrected chi connectivity index (χ3v) is 3.27. The van der Waals surface area contributed by atoms with Crippen molar-refractivity contribution in [2.24, 2.45) is 0 Å². The van der Waals surface area contributed by atoms with Crippen LogP contribution >= 0.6 is 0 Å². The van der Waals surface area contributed by atoms with Gasteiger partial charge in [-0.3, -0.25) is 0 Å². The minimum atomic E-state index is -0.347. The lowest BCUT2D eigenvalue weighted by Gasteiger charge is -2.09. The van der Waals surface area contributed by atoms with Crippen LogP contribution in [-0.2, 0) is 12.8 Å². The van der Waals surface area contributed by atoms with Crippen molar-refractivity contribution < 1.29 is 9.13 Å². The first kappa shape index (κ1) is 11.1. The first-order valence-electron chi connectivity index (χ1n) is 6.07. The van der Waals surface area contributed by atoms with Gasteiger partial charge in [-0.25, -0.2) is 4.39 Å². The summed E-state index contributed by atoms with van der Waals surface area (Å²) < 4.78 is 18.8. The Morgan fingerprint density at radius 3 is 2.72 bits per heavy atom. The smallest absolute Gasteiger partial charge is 0.153 e. The third-order valence-electron chi connectivity index (χ3n) is 3.27. The molecule has 0 aliphatic heterocycles. The van der Waals surface area contributed by atoms with Gasteiger partial charge in [-0.2, -0.15) is 0 Å². The molecular weight excluding hydrogens is 229 g/mol. The van der Waals surface area contributed by atoms with Crippen molar-refractivity contribution in [3.05, 3.63) is 53.3 Å². The Morgan fingerprint density at radius 2 is 1.83 bits per heavy atom. The van der Waals surface area contributed by atoms with Crippen molar-refractivity contribution in [3.63, 3.8) is 0 Å². The predicted octanol–water partition coefficient (Wildman–Crippen LogP) is 3.69. The van der Waals surface area contributed by atoms with E-state index in [9.17, 15) is 4.39 Å². The summed E-state index contributed by atoms with van der Waals surface area (Å²) in [6, 6.07) is 10.2. The molecule has 0 fully saturated rings. The Kier molecular flexibility index (Phi) is 2.67. The van der Waals surface area contributed by atoms with Crippen LogP contribution < -0.4 is 10.5 Å². The summed E-state index contributed by atoms with van der Waals surface area (Å²) >= 11 is 0. The molecule has 2 aromatic rings. The number of halogens is 1. The summed E-state index contributed by atoms with van der Waals surface area (Å²) in [5, 5.41) is 0. The molecule has 0 unspecified atom stereocenters. The van der Waals surface area contributed by atoms with Crippen LogP contribution in [0.3, 0.4) is 0 Å². The molecule has 2 N–H and O–H groups in total.